The second kappa shape index (κ2) is 5.07. The molecule has 1 aliphatic rings. The van der Waals surface area contributed by atoms with Crippen molar-refractivity contribution in [3.63, 3.8) is 0 Å². The summed E-state index contributed by atoms with van der Waals surface area (Å²) in [6.07, 6.45) is 7.71. The van der Waals surface area contributed by atoms with Gasteiger partial charge in [0.05, 0.1) is 6.20 Å². The molecule has 0 saturated carbocycles. The number of hydrogen-bond acceptors (Lipinski definition) is 4. The fourth-order valence-electron chi connectivity index (χ4n) is 2.04. The summed E-state index contributed by atoms with van der Waals surface area (Å²) in [5, 5.41) is 3.43. The minimum absolute atomic E-state index is 0.524. The van der Waals surface area contributed by atoms with Gasteiger partial charge in [-0.2, -0.15) is 0 Å². The standard InChI is InChI=1S/C11H18N4/c1-2-15-7-3-4-10(9-15)14-11-8-12-5-6-13-11/h5-6,8,10H,2-4,7,9H2,1H3,(H,13,14). The number of nitrogens with one attached hydrogen (secondary N) is 1. The van der Waals surface area contributed by atoms with Gasteiger partial charge in [0, 0.05) is 25.0 Å². The SMILES string of the molecule is CCN1CCCC(Nc2cnccn2)C1. The molecule has 2 heterocycles. The lowest BCUT2D eigenvalue weighted by Crippen LogP contribution is -2.41. The molecule has 1 aliphatic heterocycles. The number of rotatable bonds is 3. The molecule has 0 radical (unpaired) electrons. The van der Waals surface area contributed by atoms with E-state index < -0.39 is 0 Å². The van der Waals surface area contributed by atoms with Gasteiger partial charge in [-0.1, -0.05) is 6.92 Å². The van der Waals surface area contributed by atoms with Crippen LogP contribution in [0.5, 0.6) is 0 Å². The number of anilines is 1. The highest BCUT2D eigenvalue weighted by molar-refractivity contribution is 5.31. The molecular formula is C11H18N4. The number of likely N-dealkylation sites (N-methyl/N-ethyl adjacent to an activating group) is 1. The fraction of sp³-hybridized carbons (Fsp3) is 0.636. The predicted molar refractivity (Wildman–Crippen MR) is 60.8 cm³/mol. The highest BCUT2D eigenvalue weighted by atomic mass is 15.2. The molecule has 0 amide bonds. The highest BCUT2D eigenvalue weighted by Gasteiger charge is 2.18. The summed E-state index contributed by atoms with van der Waals surface area (Å²) in [6.45, 7) is 5.70. The van der Waals surface area contributed by atoms with Crippen molar-refractivity contribution in [3.8, 4) is 0 Å². The summed E-state index contributed by atoms with van der Waals surface area (Å²) in [6, 6.07) is 0.524. The number of piperidine rings is 1. The van der Waals surface area contributed by atoms with Crippen molar-refractivity contribution < 1.29 is 0 Å². The molecule has 1 aromatic heterocycles. The van der Waals surface area contributed by atoms with Crippen molar-refractivity contribution in [3.05, 3.63) is 18.6 Å². The van der Waals surface area contributed by atoms with E-state index >= 15 is 0 Å². The van der Waals surface area contributed by atoms with Crippen LogP contribution in [0.15, 0.2) is 18.6 Å². The fourth-order valence-corrected chi connectivity index (χ4v) is 2.04. The maximum Gasteiger partial charge on any atom is 0.144 e. The number of likely N-dealkylation sites (tertiary alicyclic amines) is 1. The molecule has 0 aromatic carbocycles. The zero-order chi connectivity index (χ0) is 10.5. The summed E-state index contributed by atoms with van der Waals surface area (Å²) in [4.78, 5) is 10.8. The number of aromatic nitrogens is 2. The van der Waals surface area contributed by atoms with Crippen molar-refractivity contribution in [2.24, 2.45) is 0 Å². The highest BCUT2D eigenvalue weighted by Crippen LogP contribution is 2.13. The van der Waals surface area contributed by atoms with Crippen LogP contribution in [0.4, 0.5) is 5.82 Å². The zero-order valence-corrected chi connectivity index (χ0v) is 9.19. The Balaban J connectivity index is 1.89. The van der Waals surface area contributed by atoms with Crippen LogP contribution < -0.4 is 5.32 Å². The van der Waals surface area contributed by atoms with E-state index in [1.807, 2.05) is 0 Å². The average Bonchev–Trinajstić information content (AvgIpc) is 2.31. The minimum atomic E-state index is 0.524. The van der Waals surface area contributed by atoms with Crippen LogP contribution in [-0.4, -0.2) is 40.5 Å². The first-order valence-electron chi connectivity index (χ1n) is 5.63. The Kier molecular flexibility index (Phi) is 3.50. The van der Waals surface area contributed by atoms with Crippen molar-refractivity contribution in [1.29, 1.82) is 0 Å². The van der Waals surface area contributed by atoms with E-state index in [0.717, 1.165) is 18.9 Å². The van der Waals surface area contributed by atoms with Crippen LogP contribution in [0.2, 0.25) is 0 Å². The van der Waals surface area contributed by atoms with Gasteiger partial charge in [0.25, 0.3) is 0 Å². The largest absolute Gasteiger partial charge is 0.365 e. The number of hydrogen-bond donors (Lipinski definition) is 1. The molecule has 0 spiro atoms. The molecule has 1 fully saturated rings. The molecule has 4 heteroatoms. The Morgan fingerprint density at radius 3 is 3.20 bits per heavy atom. The van der Waals surface area contributed by atoms with E-state index in [1.54, 1.807) is 18.6 Å². The first-order valence-corrected chi connectivity index (χ1v) is 5.63. The third kappa shape index (κ3) is 2.89. The third-order valence-electron chi connectivity index (χ3n) is 2.87. The molecule has 0 aliphatic carbocycles. The molecule has 82 valence electrons. The maximum absolute atomic E-state index is 4.23. The Morgan fingerprint density at radius 2 is 2.47 bits per heavy atom. The van der Waals surface area contributed by atoms with Crippen LogP contribution in [0.25, 0.3) is 0 Å². The molecule has 1 unspecified atom stereocenters. The molecule has 1 saturated heterocycles. The second-order valence-electron chi connectivity index (χ2n) is 3.97. The summed E-state index contributed by atoms with van der Waals surface area (Å²) < 4.78 is 0. The first-order chi connectivity index (χ1) is 7.38. The van der Waals surface area contributed by atoms with Gasteiger partial charge in [-0.05, 0) is 25.9 Å². The average molecular weight is 206 g/mol. The van der Waals surface area contributed by atoms with Crippen LogP contribution in [-0.2, 0) is 0 Å². The van der Waals surface area contributed by atoms with Gasteiger partial charge in [0.15, 0.2) is 0 Å². The Hall–Kier alpha value is -1.16. The smallest absolute Gasteiger partial charge is 0.144 e. The van der Waals surface area contributed by atoms with Crippen molar-refractivity contribution in [2.75, 3.05) is 25.0 Å². The van der Waals surface area contributed by atoms with E-state index in [-0.39, 0.29) is 0 Å². The lowest BCUT2D eigenvalue weighted by Gasteiger charge is -2.32. The molecule has 2 rings (SSSR count). The van der Waals surface area contributed by atoms with Crippen LogP contribution in [0, 0.1) is 0 Å². The first kappa shape index (κ1) is 10.4. The Morgan fingerprint density at radius 1 is 1.53 bits per heavy atom. The number of nitrogens with zero attached hydrogens (tertiary/aromatic N) is 3. The summed E-state index contributed by atoms with van der Waals surface area (Å²) >= 11 is 0. The van der Waals surface area contributed by atoms with Gasteiger partial charge in [0.2, 0.25) is 0 Å². The van der Waals surface area contributed by atoms with Crippen molar-refractivity contribution >= 4 is 5.82 Å². The van der Waals surface area contributed by atoms with Crippen LogP contribution >= 0.6 is 0 Å². The molecule has 1 atom stereocenters. The van der Waals surface area contributed by atoms with E-state index in [1.165, 1.54) is 19.4 Å². The topological polar surface area (TPSA) is 41.0 Å². The zero-order valence-electron chi connectivity index (χ0n) is 9.19. The Labute approximate surface area is 90.7 Å². The summed E-state index contributed by atoms with van der Waals surface area (Å²) in [7, 11) is 0. The van der Waals surface area contributed by atoms with Crippen LogP contribution in [0.1, 0.15) is 19.8 Å². The van der Waals surface area contributed by atoms with Gasteiger partial charge in [-0.3, -0.25) is 4.98 Å². The molecule has 4 nitrogen and oxygen atoms in total. The summed E-state index contributed by atoms with van der Waals surface area (Å²) in [5.74, 6) is 0.889. The van der Waals surface area contributed by atoms with Gasteiger partial charge in [-0.15, -0.1) is 0 Å². The third-order valence-corrected chi connectivity index (χ3v) is 2.87. The van der Waals surface area contributed by atoms with Gasteiger partial charge in [0.1, 0.15) is 5.82 Å². The van der Waals surface area contributed by atoms with E-state index in [0.29, 0.717) is 6.04 Å². The van der Waals surface area contributed by atoms with E-state index in [9.17, 15) is 0 Å². The van der Waals surface area contributed by atoms with Gasteiger partial charge >= 0.3 is 0 Å². The minimum Gasteiger partial charge on any atom is -0.365 e. The maximum atomic E-state index is 4.23. The predicted octanol–water partition coefficient (Wildman–Crippen LogP) is 1.37. The lowest BCUT2D eigenvalue weighted by molar-refractivity contribution is 0.226. The lowest BCUT2D eigenvalue weighted by atomic mass is 10.1. The summed E-state index contributed by atoms with van der Waals surface area (Å²) in [5.41, 5.74) is 0. The second-order valence-corrected chi connectivity index (χ2v) is 3.97. The Bertz CT molecular complexity index is 288. The quantitative estimate of drug-likeness (QED) is 0.811. The normalized spacial score (nSPS) is 22.6. The van der Waals surface area contributed by atoms with E-state index in [4.69, 9.17) is 0 Å². The van der Waals surface area contributed by atoms with Gasteiger partial charge < -0.3 is 10.2 Å². The van der Waals surface area contributed by atoms with Crippen molar-refractivity contribution in [2.45, 2.75) is 25.8 Å². The monoisotopic (exact) mass is 206 g/mol. The van der Waals surface area contributed by atoms with Crippen molar-refractivity contribution in [1.82, 2.24) is 14.9 Å². The molecular weight excluding hydrogens is 188 g/mol. The molecule has 0 bridgehead atoms. The molecule has 15 heavy (non-hydrogen) atoms. The van der Waals surface area contributed by atoms with Crippen LogP contribution in [0.3, 0.4) is 0 Å². The molecule has 1 N–H and O–H groups in total. The van der Waals surface area contributed by atoms with Gasteiger partial charge in [-0.25, -0.2) is 4.98 Å². The molecule has 1 aromatic rings. The van der Waals surface area contributed by atoms with E-state index in [2.05, 4.69) is 27.1 Å².